The maximum Gasteiger partial charge on any atom is 0.241 e. The Bertz CT molecular complexity index is 359. The Morgan fingerprint density at radius 2 is 2.15 bits per heavy atom. The normalized spacial score (nSPS) is 28.5. The molecule has 3 atom stereocenters. The Labute approximate surface area is 120 Å². The van der Waals surface area contributed by atoms with E-state index in [0.717, 1.165) is 25.8 Å². The van der Waals surface area contributed by atoms with Crippen molar-refractivity contribution in [2.75, 3.05) is 19.6 Å². The number of fused-ring (bicyclic) bond motifs is 2. The Morgan fingerprint density at radius 1 is 1.30 bits per heavy atom. The van der Waals surface area contributed by atoms with Crippen molar-refractivity contribution in [1.82, 2.24) is 16.0 Å². The lowest BCUT2D eigenvalue weighted by molar-refractivity contribution is -0.119. The molecule has 0 aromatic heterocycles. The van der Waals surface area contributed by atoms with Crippen molar-refractivity contribution in [1.29, 1.82) is 0 Å². The van der Waals surface area contributed by atoms with E-state index >= 15 is 0 Å². The zero-order chi connectivity index (χ0) is 14.4. The molecule has 0 saturated carbocycles. The van der Waals surface area contributed by atoms with Crippen LogP contribution >= 0.6 is 0 Å². The fourth-order valence-corrected chi connectivity index (χ4v) is 2.76. The average Bonchev–Trinajstić information content (AvgIpc) is 3.05. The van der Waals surface area contributed by atoms with E-state index in [9.17, 15) is 4.79 Å². The molecule has 2 fully saturated rings. The van der Waals surface area contributed by atoms with Gasteiger partial charge in [0.05, 0.1) is 18.2 Å². The number of aliphatic imine (C=N–C) groups is 1. The standard InChI is InChI=1S/C14H26N4O2/c1-3-7-16-13(19)9-17-14(15-4-2)18-11-8-10-5-6-12(11)20-10/h10-12H,3-9H2,1-2H3,(H,16,19)(H2,15,17,18). The maximum absolute atomic E-state index is 11.6. The molecule has 0 aliphatic carbocycles. The van der Waals surface area contributed by atoms with E-state index < -0.39 is 0 Å². The third-order valence-electron chi connectivity index (χ3n) is 3.73. The first-order chi connectivity index (χ1) is 9.72. The van der Waals surface area contributed by atoms with Gasteiger partial charge in [-0.3, -0.25) is 4.79 Å². The monoisotopic (exact) mass is 282 g/mol. The van der Waals surface area contributed by atoms with Gasteiger partial charge in [-0.1, -0.05) is 6.92 Å². The van der Waals surface area contributed by atoms with E-state index in [-0.39, 0.29) is 12.5 Å². The van der Waals surface area contributed by atoms with Crippen LogP contribution < -0.4 is 16.0 Å². The summed E-state index contributed by atoms with van der Waals surface area (Å²) in [6, 6.07) is 0.324. The maximum atomic E-state index is 11.6. The highest BCUT2D eigenvalue weighted by Crippen LogP contribution is 2.34. The zero-order valence-corrected chi connectivity index (χ0v) is 12.4. The molecule has 0 aromatic carbocycles. The first-order valence-corrected chi connectivity index (χ1v) is 7.70. The minimum absolute atomic E-state index is 0.0340. The summed E-state index contributed by atoms with van der Waals surface area (Å²) in [7, 11) is 0. The molecule has 2 heterocycles. The predicted molar refractivity (Wildman–Crippen MR) is 78.7 cm³/mol. The summed E-state index contributed by atoms with van der Waals surface area (Å²) in [4.78, 5) is 15.9. The number of ether oxygens (including phenoxy) is 1. The minimum Gasteiger partial charge on any atom is -0.373 e. The van der Waals surface area contributed by atoms with Gasteiger partial charge < -0.3 is 20.7 Å². The summed E-state index contributed by atoms with van der Waals surface area (Å²) in [5, 5.41) is 9.40. The van der Waals surface area contributed by atoms with Gasteiger partial charge >= 0.3 is 0 Å². The van der Waals surface area contributed by atoms with Crippen LogP contribution in [-0.4, -0.2) is 49.8 Å². The first kappa shape index (κ1) is 15.1. The second kappa shape index (κ2) is 7.47. The topological polar surface area (TPSA) is 74.8 Å². The van der Waals surface area contributed by atoms with E-state index in [1.807, 2.05) is 13.8 Å². The number of carbonyl (C=O) groups is 1. The van der Waals surface area contributed by atoms with Crippen LogP contribution in [0.3, 0.4) is 0 Å². The smallest absolute Gasteiger partial charge is 0.241 e. The molecule has 114 valence electrons. The van der Waals surface area contributed by atoms with E-state index in [1.165, 1.54) is 6.42 Å². The van der Waals surface area contributed by atoms with Crippen molar-refractivity contribution in [3.63, 3.8) is 0 Å². The number of amides is 1. The second-order valence-electron chi connectivity index (χ2n) is 5.41. The van der Waals surface area contributed by atoms with Gasteiger partial charge in [-0.05, 0) is 32.6 Å². The zero-order valence-electron chi connectivity index (χ0n) is 12.4. The average molecular weight is 282 g/mol. The predicted octanol–water partition coefficient (Wildman–Crippen LogP) is 0.388. The van der Waals surface area contributed by atoms with Crippen LogP contribution in [0.1, 0.15) is 39.5 Å². The molecule has 6 nitrogen and oxygen atoms in total. The molecule has 0 aromatic rings. The highest BCUT2D eigenvalue weighted by molar-refractivity contribution is 5.85. The van der Waals surface area contributed by atoms with Crippen LogP contribution in [0.25, 0.3) is 0 Å². The number of guanidine groups is 1. The molecule has 1 amide bonds. The summed E-state index contributed by atoms with van der Waals surface area (Å²) < 4.78 is 5.82. The fourth-order valence-electron chi connectivity index (χ4n) is 2.76. The summed E-state index contributed by atoms with van der Waals surface area (Å²) in [5.41, 5.74) is 0. The first-order valence-electron chi connectivity index (χ1n) is 7.70. The molecule has 2 bridgehead atoms. The number of hydrogen-bond donors (Lipinski definition) is 3. The van der Waals surface area contributed by atoms with E-state index in [0.29, 0.717) is 30.8 Å². The lowest BCUT2D eigenvalue weighted by Gasteiger charge is -2.22. The Balaban J connectivity index is 1.81. The summed E-state index contributed by atoms with van der Waals surface area (Å²) >= 11 is 0. The molecule has 2 saturated heterocycles. The molecule has 3 unspecified atom stereocenters. The van der Waals surface area contributed by atoms with Gasteiger partial charge in [-0.25, -0.2) is 4.99 Å². The molecule has 0 radical (unpaired) electrons. The molecular weight excluding hydrogens is 256 g/mol. The lowest BCUT2D eigenvalue weighted by Crippen LogP contribution is -2.47. The van der Waals surface area contributed by atoms with Crippen LogP contribution in [0.15, 0.2) is 4.99 Å². The molecule has 2 aliphatic rings. The quantitative estimate of drug-likeness (QED) is 0.486. The van der Waals surface area contributed by atoms with Gasteiger partial charge in [0, 0.05) is 13.1 Å². The Morgan fingerprint density at radius 3 is 2.75 bits per heavy atom. The molecular formula is C14H26N4O2. The SMILES string of the molecule is CCCNC(=O)CN=C(NCC)NC1CC2CCC1O2. The number of carbonyl (C=O) groups excluding carboxylic acids is 1. The molecule has 2 aliphatic heterocycles. The van der Waals surface area contributed by atoms with Gasteiger partial charge in [-0.2, -0.15) is 0 Å². The van der Waals surface area contributed by atoms with E-state index in [1.54, 1.807) is 0 Å². The lowest BCUT2D eigenvalue weighted by atomic mass is 9.96. The van der Waals surface area contributed by atoms with Crippen LogP contribution in [0.5, 0.6) is 0 Å². The number of nitrogens with zero attached hydrogens (tertiary/aromatic N) is 1. The molecule has 2 rings (SSSR count). The van der Waals surface area contributed by atoms with Gasteiger partial charge in [0.1, 0.15) is 6.54 Å². The molecule has 3 N–H and O–H groups in total. The second-order valence-corrected chi connectivity index (χ2v) is 5.41. The van der Waals surface area contributed by atoms with Crippen molar-refractivity contribution >= 4 is 11.9 Å². The number of nitrogens with one attached hydrogen (secondary N) is 3. The number of rotatable bonds is 6. The molecule has 20 heavy (non-hydrogen) atoms. The minimum atomic E-state index is -0.0340. The Hall–Kier alpha value is -1.30. The van der Waals surface area contributed by atoms with E-state index in [4.69, 9.17) is 4.74 Å². The van der Waals surface area contributed by atoms with Crippen molar-refractivity contribution in [3.8, 4) is 0 Å². The van der Waals surface area contributed by atoms with E-state index in [2.05, 4.69) is 20.9 Å². The van der Waals surface area contributed by atoms with Crippen molar-refractivity contribution in [2.45, 2.75) is 57.8 Å². The summed E-state index contributed by atoms with van der Waals surface area (Å²) in [5.74, 6) is 0.675. The van der Waals surface area contributed by atoms with Gasteiger partial charge in [0.2, 0.25) is 5.91 Å². The van der Waals surface area contributed by atoms with Gasteiger partial charge in [-0.15, -0.1) is 0 Å². The third kappa shape index (κ3) is 4.10. The number of hydrogen-bond acceptors (Lipinski definition) is 3. The van der Waals surface area contributed by atoms with Crippen molar-refractivity contribution < 1.29 is 9.53 Å². The molecule has 0 spiro atoms. The Kier molecular flexibility index (Phi) is 5.64. The van der Waals surface area contributed by atoms with Crippen LogP contribution in [0.2, 0.25) is 0 Å². The molecule has 6 heteroatoms. The van der Waals surface area contributed by atoms with Gasteiger partial charge in [0.15, 0.2) is 5.96 Å². The summed E-state index contributed by atoms with van der Waals surface area (Å²) in [6.45, 7) is 5.70. The summed E-state index contributed by atoms with van der Waals surface area (Å²) in [6.07, 6.45) is 4.99. The highest BCUT2D eigenvalue weighted by Gasteiger charge is 2.41. The van der Waals surface area contributed by atoms with Gasteiger partial charge in [0.25, 0.3) is 0 Å². The van der Waals surface area contributed by atoms with Crippen LogP contribution in [-0.2, 0) is 9.53 Å². The highest BCUT2D eigenvalue weighted by atomic mass is 16.5. The van der Waals surface area contributed by atoms with Crippen LogP contribution in [0.4, 0.5) is 0 Å². The van der Waals surface area contributed by atoms with Crippen molar-refractivity contribution in [2.24, 2.45) is 4.99 Å². The third-order valence-corrected chi connectivity index (χ3v) is 3.73. The fraction of sp³-hybridized carbons (Fsp3) is 0.857. The van der Waals surface area contributed by atoms with Crippen LogP contribution in [0, 0.1) is 0 Å². The van der Waals surface area contributed by atoms with Crippen molar-refractivity contribution in [3.05, 3.63) is 0 Å². The largest absolute Gasteiger partial charge is 0.373 e.